The number of ether oxygens (including phenoxy) is 1. The monoisotopic (exact) mass is 287 g/mol. The van der Waals surface area contributed by atoms with Gasteiger partial charge < -0.3 is 4.74 Å². The van der Waals surface area contributed by atoms with E-state index in [0.29, 0.717) is 25.4 Å². The van der Waals surface area contributed by atoms with E-state index in [1.165, 1.54) is 0 Å². The molecule has 0 amide bonds. The highest BCUT2D eigenvalue weighted by atomic mass is 16.5. The van der Waals surface area contributed by atoms with Crippen LogP contribution in [0.5, 0.6) is 5.75 Å². The summed E-state index contributed by atoms with van der Waals surface area (Å²) < 4.78 is 5.17. The minimum atomic E-state index is -0.506. The first-order chi connectivity index (χ1) is 10.2. The highest BCUT2D eigenvalue weighted by molar-refractivity contribution is 6.07. The molecule has 0 spiro atoms. The molecule has 1 aromatic rings. The van der Waals surface area contributed by atoms with E-state index in [2.05, 4.69) is 4.90 Å². The van der Waals surface area contributed by atoms with Gasteiger partial charge in [0.15, 0.2) is 11.6 Å². The maximum atomic E-state index is 12.3. The van der Waals surface area contributed by atoms with E-state index in [9.17, 15) is 9.59 Å². The molecule has 0 aliphatic carbocycles. The second-order valence-corrected chi connectivity index (χ2v) is 5.94. The molecule has 4 nitrogen and oxygen atoms in total. The number of carbonyl (C=O) groups excluding carboxylic acids is 2. The summed E-state index contributed by atoms with van der Waals surface area (Å²) in [6.45, 7) is 0.663. The smallest absolute Gasteiger partial charge is 0.157 e. The first kappa shape index (κ1) is 14.3. The molecular formula is C17H21NO3. The van der Waals surface area contributed by atoms with Crippen LogP contribution in [0.3, 0.4) is 0 Å². The Bertz CT molecular complexity index is 537. The Kier molecular flexibility index (Phi) is 4.06. The van der Waals surface area contributed by atoms with Gasteiger partial charge in [-0.25, -0.2) is 0 Å². The fourth-order valence-electron chi connectivity index (χ4n) is 3.49. The van der Waals surface area contributed by atoms with E-state index in [0.717, 1.165) is 30.6 Å². The van der Waals surface area contributed by atoms with Crippen molar-refractivity contribution in [2.45, 2.75) is 50.7 Å². The number of benzene rings is 1. The SMILES string of the molecule is COc1ccc(CN2C3CCCC(=O)C2C(=O)CC3)cc1. The van der Waals surface area contributed by atoms with Gasteiger partial charge in [0.1, 0.15) is 11.8 Å². The predicted octanol–water partition coefficient (Wildman–Crippen LogP) is 2.35. The number of hydrogen-bond donors (Lipinski definition) is 0. The van der Waals surface area contributed by atoms with Crippen LogP contribution in [0.1, 0.15) is 37.7 Å². The first-order valence-corrected chi connectivity index (χ1v) is 7.63. The third-order valence-corrected chi connectivity index (χ3v) is 4.62. The van der Waals surface area contributed by atoms with Crippen molar-refractivity contribution in [2.24, 2.45) is 0 Å². The Balaban J connectivity index is 1.83. The van der Waals surface area contributed by atoms with Crippen molar-refractivity contribution in [1.29, 1.82) is 0 Å². The van der Waals surface area contributed by atoms with Gasteiger partial charge in [0.25, 0.3) is 0 Å². The molecule has 0 N–H and O–H groups in total. The van der Waals surface area contributed by atoms with E-state index in [1.54, 1.807) is 7.11 Å². The molecule has 2 aliphatic heterocycles. The number of carbonyl (C=O) groups is 2. The maximum Gasteiger partial charge on any atom is 0.157 e. The molecule has 2 saturated heterocycles. The van der Waals surface area contributed by atoms with Crippen LogP contribution in [0, 0.1) is 0 Å². The third-order valence-electron chi connectivity index (χ3n) is 4.62. The summed E-state index contributed by atoms with van der Waals surface area (Å²) in [5.41, 5.74) is 1.12. The normalized spacial score (nSPS) is 26.5. The number of rotatable bonds is 3. The third kappa shape index (κ3) is 2.86. The average molecular weight is 287 g/mol. The van der Waals surface area contributed by atoms with E-state index in [1.807, 2.05) is 24.3 Å². The van der Waals surface area contributed by atoms with Gasteiger partial charge in [0.05, 0.1) is 7.11 Å². The lowest BCUT2D eigenvalue weighted by molar-refractivity contribution is -0.138. The van der Waals surface area contributed by atoms with Crippen molar-refractivity contribution in [1.82, 2.24) is 4.90 Å². The molecule has 2 atom stereocenters. The van der Waals surface area contributed by atoms with Gasteiger partial charge in [-0.05, 0) is 37.0 Å². The lowest BCUT2D eigenvalue weighted by Crippen LogP contribution is -2.53. The minimum absolute atomic E-state index is 0.103. The lowest BCUT2D eigenvalue weighted by atomic mass is 9.92. The number of piperidine rings is 1. The van der Waals surface area contributed by atoms with Crippen molar-refractivity contribution in [3.63, 3.8) is 0 Å². The van der Waals surface area contributed by atoms with Crippen LogP contribution in [-0.2, 0) is 16.1 Å². The minimum Gasteiger partial charge on any atom is -0.497 e. The molecule has 2 heterocycles. The van der Waals surface area contributed by atoms with Gasteiger partial charge >= 0.3 is 0 Å². The molecule has 21 heavy (non-hydrogen) atoms. The Labute approximate surface area is 125 Å². The van der Waals surface area contributed by atoms with Crippen LogP contribution in [0.4, 0.5) is 0 Å². The molecule has 3 rings (SSSR count). The van der Waals surface area contributed by atoms with Gasteiger partial charge in [-0.15, -0.1) is 0 Å². The van der Waals surface area contributed by atoms with Crippen LogP contribution in [0.25, 0.3) is 0 Å². The molecule has 4 heteroatoms. The van der Waals surface area contributed by atoms with E-state index < -0.39 is 6.04 Å². The van der Waals surface area contributed by atoms with Crippen LogP contribution in [0.15, 0.2) is 24.3 Å². The van der Waals surface area contributed by atoms with Crippen molar-refractivity contribution < 1.29 is 14.3 Å². The highest BCUT2D eigenvalue weighted by Crippen LogP contribution is 2.30. The fraction of sp³-hybridized carbons (Fsp3) is 0.529. The molecular weight excluding hydrogens is 266 g/mol. The average Bonchev–Trinajstić information content (AvgIpc) is 2.60. The van der Waals surface area contributed by atoms with Crippen molar-refractivity contribution in [3.05, 3.63) is 29.8 Å². The summed E-state index contributed by atoms with van der Waals surface area (Å²) in [4.78, 5) is 26.6. The molecule has 2 fully saturated rings. The van der Waals surface area contributed by atoms with Gasteiger partial charge in [-0.2, -0.15) is 0 Å². The molecule has 2 aliphatic rings. The van der Waals surface area contributed by atoms with Gasteiger partial charge in [-0.3, -0.25) is 14.5 Å². The van der Waals surface area contributed by atoms with Crippen molar-refractivity contribution in [3.8, 4) is 5.75 Å². The molecule has 0 saturated carbocycles. The number of fused-ring (bicyclic) bond motifs is 2. The number of nitrogens with zero attached hydrogens (tertiary/aromatic N) is 1. The predicted molar refractivity (Wildman–Crippen MR) is 79.2 cm³/mol. The number of methoxy groups -OCH3 is 1. The molecule has 112 valence electrons. The molecule has 0 aromatic heterocycles. The zero-order valence-electron chi connectivity index (χ0n) is 12.4. The standard InChI is InChI=1S/C17H21NO3/c1-21-14-8-5-12(6-9-14)11-18-13-3-2-4-15(19)17(18)16(20)10-7-13/h5-6,8-9,13,17H,2-4,7,10-11H2,1H3. The molecule has 1 aromatic carbocycles. The van der Waals surface area contributed by atoms with Crippen molar-refractivity contribution >= 4 is 11.6 Å². The zero-order chi connectivity index (χ0) is 14.8. The lowest BCUT2D eigenvalue weighted by Gasteiger charge is -2.38. The Hall–Kier alpha value is -1.68. The topological polar surface area (TPSA) is 46.6 Å². The molecule has 0 radical (unpaired) electrons. The maximum absolute atomic E-state index is 12.3. The summed E-state index contributed by atoms with van der Waals surface area (Å²) in [7, 11) is 1.64. The zero-order valence-corrected chi connectivity index (χ0v) is 12.4. The quantitative estimate of drug-likeness (QED) is 0.801. The first-order valence-electron chi connectivity index (χ1n) is 7.63. The summed E-state index contributed by atoms with van der Waals surface area (Å²) in [5, 5.41) is 0. The summed E-state index contributed by atoms with van der Waals surface area (Å²) in [5.74, 6) is 1.03. The number of ketones is 2. The Morgan fingerprint density at radius 3 is 2.52 bits per heavy atom. The van der Waals surface area contributed by atoms with Gasteiger partial charge in [0, 0.05) is 25.4 Å². The van der Waals surface area contributed by atoms with E-state index in [4.69, 9.17) is 4.74 Å². The summed E-state index contributed by atoms with van der Waals surface area (Å²) in [6.07, 6.45) is 3.92. The molecule has 2 unspecified atom stereocenters. The van der Waals surface area contributed by atoms with Crippen LogP contribution >= 0.6 is 0 Å². The van der Waals surface area contributed by atoms with Crippen LogP contribution in [-0.4, -0.2) is 35.7 Å². The highest BCUT2D eigenvalue weighted by Gasteiger charge is 2.41. The Morgan fingerprint density at radius 1 is 1.10 bits per heavy atom. The fourth-order valence-corrected chi connectivity index (χ4v) is 3.49. The number of hydrogen-bond acceptors (Lipinski definition) is 4. The van der Waals surface area contributed by atoms with Gasteiger partial charge in [0.2, 0.25) is 0 Å². The molecule has 2 bridgehead atoms. The van der Waals surface area contributed by atoms with Crippen molar-refractivity contribution in [2.75, 3.05) is 7.11 Å². The Morgan fingerprint density at radius 2 is 1.81 bits per heavy atom. The van der Waals surface area contributed by atoms with E-state index >= 15 is 0 Å². The van der Waals surface area contributed by atoms with Crippen LogP contribution in [0.2, 0.25) is 0 Å². The summed E-state index contributed by atoms with van der Waals surface area (Å²) >= 11 is 0. The number of Topliss-reactive ketones (excluding diaryl/α,β-unsaturated/α-hetero) is 2. The summed E-state index contributed by atoms with van der Waals surface area (Å²) in [6, 6.07) is 7.72. The largest absolute Gasteiger partial charge is 0.497 e. The van der Waals surface area contributed by atoms with E-state index in [-0.39, 0.29) is 11.6 Å². The van der Waals surface area contributed by atoms with Gasteiger partial charge in [-0.1, -0.05) is 12.1 Å². The second kappa shape index (κ2) is 5.98. The second-order valence-electron chi connectivity index (χ2n) is 5.94. The van der Waals surface area contributed by atoms with Crippen LogP contribution < -0.4 is 4.74 Å².